The Morgan fingerprint density at radius 2 is 1.56 bits per heavy atom. The maximum Gasteiger partial charge on any atom is 0.0250 e. The van der Waals surface area contributed by atoms with Crippen molar-refractivity contribution in [3.05, 3.63) is 34.9 Å². The zero-order chi connectivity index (χ0) is 12.0. The lowest BCUT2D eigenvalue weighted by Gasteiger charge is -2.41. The molecule has 0 aliphatic heterocycles. The summed E-state index contributed by atoms with van der Waals surface area (Å²) in [6.45, 7) is 9.28. The van der Waals surface area contributed by atoms with E-state index in [9.17, 15) is 0 Å². The zero-order valence-electron chi connectivity index (χ0n) is 10.7. The third kappa shape index (κ3) is 1.68. The van der Waals surface area contributed by atoms with Gasteiger partial charge in [0.05, 0.1) is 0 Å². The Bertz CT molecular complexity index is 427. The van der Waals surface area contributed by atoms with E-state index in [1.807, 2.05) is 0 Å². The summed E-state index contributed by atoms with van der Waals surface area (Å²) in [5, 5.41) is 7.36. The SMILES string of the molecule is CC1(C)CCC(C)(C)c2cc(C=N)ccc21. The summed E-state index contributed by atoms with van der Waals surface area (Å²) < 4.78 is 0. The summed E-state index contributed by atoms with van der Waals surface area (Å²) in [5.41, 5.74) is 4.46. The predicted molar refractivity (Wildman–Crippen MR) is 69.6 cm³/mol. The second-order valence-corrected chi connectivity index (χ2v) is 6.22. The standard InChI is InChI=1S/C15H21N/c1-14(2)7-8-15(3,4)13-9-11(10-16)5-6-12(13)14/h5-6,9-10,16H,7-8H2,1-4H3. The van der Waals surface area contributed by atoms with Gasteiger partial charge in [-0.15, -0.1) is 0 Å². The molecule has 0 fully saturated rings. The van der Waals surface area contributed by atoms with Gasteiger partial charge in [0.15, 0.2) is 0 Å². The maximum absolute atomic E-state index is 7.36. The second kappa shape index (κ2) is 3.44. The van der Waals surface area contributed by atoms with Crippen LogP contribution in [0.25, 0.3) is 0 Å². The first kappa shape index (κ1) is 11.4. The van der Waals surface area contributed by atoms with E-state index in [2.05, 4.69) is 45.9 Å². The van der Waals surface area contributed by atoms with E-state index < -0.39 is 0 Å². The van der Waals surface area contributed by atoms with E-state index in [1.54, 1.807) is 0 Å². The number of hydrogen-bond donors (Lipinski definition) is 1. The number of rotatable bonds is 1. The lowest BCUT2D eigenvalue weighted by Crippen LogP contribution is -2.33. The molecule has 16 heavy (non-hydrogen) atoms. The highest BCUT2D eigenvalue weighted by Gasteiger charge is 2.36. The molecule has 0 bridgehead atoms. The van der Waals surface area contributed by atoms with Crippen LogP contribution in [-0.4, -0.2) is 6.21 Å². The molecule has 0 atom stereocenters. The molecular formula is C15H21N. The Kier molecular flexibility index (Phi) is 2.45. The smallest absolute Gasteiger partial charge is 0.0250 e. The first-order chi connectivity index (χ1) is 7.37. The van der Waals surface area contributed by atoms with Crippen LogP contribution in [0.5, 0.6) is 0 Å². The molecule has 1 aromatic rings. The Morgan fingerprint density at radius 3 is 2.12 bits per heavy atom. The van der Waals surface area contributed by atoms with Crippen LogP contribution in [-0.2, 0) is 10.8 Å². The fraction of sp³-hybridized carbons (Fsp3) is 0.533. The molecule has 0 saturated carbocycles. The summed E-state index contributed by atoms with van der Waals surface area (Å²) >= 11 is 0. The van der Waals surface area contributed by atoms with Crippen LogP contribution in [0.2, 0.25) is 0 Å². The van der Waals surface area contributed by atoms with Gasteiger partial charge < -0.3 is 5.41 Å². The van der Waals surface area contributed by atoms with E-state index >= 15 is 0 Å². The Labute approximate surface area is 98.4 Å². The molecule has 1 aliphatic rings. The first-order valence-electron chi connectivity index (χ1n) is 6.02. The van der Waals surface area contributed by atoms with Crippen molar-refractivity contribution in [3.63, 3.8) is 0 Å². The van der Waals surface area contributed by atoms with Crippen molar-refractivity contribution >= 4 is 6.21 Å². The van der Waals surface area contributed by atoms with Gasteiger partial charge in [-0.2, -0.15) is 0 Å². The molecule has 1 nitrogen and oxygen atoms in total. The van der Waals surface area contributed by atoms with E-state index in [-0.39, 0.29) is 10.8 Å². The fourth-order valence-electron chi connectivity index (χ4n) is 2.70. The molecule has 86 valence electrons. The molecule has 0 aromatic heterocycles. The van der Waals surface area contributed by atoms with E-state index in [1.165, 1.54) is 30.2 Å². The van der Waals surface area contributed by atoms with Crippen LogP contribution in [0.1, 0.15) is 57.2 Å². The molecule has 0 spiro atoms. The van der Waals surface area contributed by atoms with E-state index in [0.717, 1.165) is 5.56 Å². The van der Waals surface area contributed by atoms with Gasteiger partial charge in [0, 0.05) is 6.21 Å². The number of fused-ring (bicyclic) bond motifs is 1. The van der Waals surface area contributed by atoms with Crippen molar-refractivity contribution in [1.82, 2.24) is 0 Å². The van der Waals surface area contributed by atoms with Gasteiger partial charge in [-0.25, -0.2) is 0 Å². The van der Waals surface area contributed by atoms with Crippen molar-refractivity contribution in [2.75, 3.05) is 0 Å². The Morgan fingerprint density at radius 1 is 1.00 bits per heavy atom. The number of hydrogen-bond acceptors (Lipinski definition) is 1. The van der Waals surface area contributed by atoms with Crippen LogP contribution in [0.3, 0.4) is 0 Å². The molecule has 0 heterocycles. The van der Waals surface area contributed by atoms with E-state index in [0.29, 0.717) is 0 Å². The third-order valence-corrected chi connectivity index (χ3v) is 4.04. The van der Waals surface area contributed by atoms with Crippen molar-refractivity contribution in [2.45, 2.75) is 51.4 Å². The third-order valence-electron chi connectivity index (χ3n) is 4.04. The quantitative estimate of drug-likeness (QED) is 0.684. The van der Waals surface area contributed by atoms with Crippen molar-refractivity contribution in [1.29, 1.82) is 5.41 Å². The minimum absolute atomic E-state index is 0.254. The summed E-state index contributed by atoms with van der Waals surface area (Å²) in [4.78, 5) is 0. The summed E-state index contributed by atoms with van der Waals surface area (Å²) in [5.74, 6) is 0. The van der Waals surface area contributed by atoms with Gasteiger partial charge in [0.2, 0.25) is 0 Å². The van der Waals surface area contributed by atoms with Crippen molar-refractivity contribution in [2.24, 2.45) is 0 Å². The monoisotopic (exact) mass is 215 g/mol. The van der Waals surface area contributed by atoms with Gasteiger partial charge in [0.1, 0.15) is 0 Å². The molecule has 0 amide bonds. The highest BCUT2D eigenvalue weighted by atomic mass is 14.4. The lowest BCUT2D eigenvalue weighted by molar-refractivity contribution is 0.332. The maximum atomic E-state index is 7.36. The van der Waals surface area contributed by atoms with Gasteiger partial charge >= 0.3 is 0 Å². The van der Waals surface area contributed by atoms with Gasteiger partial charge in [-0.1, -0.05) is 39.8 Å². The van der Waals surface area contributed by atoms with Crippen LogP contribution >= 0.6 is 0 Å². The normalized spacial score (nSPS) is 21.2. The average Bonchev–Trinajstić information content (AvgIpc) is 2.24. The molecule has 1 aliphatic carbocycles. The second-order valence-electron chi connectivity index (χ2n) is 6.22. The molecule has 2 rings (SSSR count). The molecule has 1 N–H and O–H groups in total. The zero-order valence-corrected chi connectivity index (χ0v) is 10.7. The summed E-state index contributed by atoms with van der Waals surface area (Å²) in [6, 6.07) is 6.48. The van der Waals surface area contributed by atoms with Crippen molar-refractivity contribution in [3.8, 4) is 0 Å². The van der Waals surface area contributed by atoms with Crippen molar-refractivity contribution < 1.29 is 0 Å². The molecule has 1 heteroatoms. The predicted octanol–water partition coefficient (Wildman–Crippen LogP) is 4.03. The Hall–Kier alpha value is -1.11. The molecule has 0 radical (unpaired) electrons. The van der Waals surface area contributed by atoms with Gasteiger partial charge in [-0.3, -0.25) is 0 Å². The topological polar surface area (TPSA) is 23.9 Å². The minimum atomic E-state index is 0.254. The molecule has 0 saturated heterocycles. The average molecular weight is 215 g/mol. The summed E-state index contributed by atoms with van der Waals surface area (Å²) in [7, 11) is 0. The van der Waals surface area contributed by atoms with Crippen LogP contribution < -0.4 is 0 Å². The highest BCUT2D eigenvalue weighted by Crippen LogP contribution is 2.45. The van der Waals surface area contributed by atoms with Gasteiger partial charge in [-0.05, 0) is 46.4 Å². The number of nitrogens with one attached hydrogen (secondary N) is 1. The van der Waals surface area contributed by atoms with Crippen LogP contribution in [0.15, 0.2) is 18.2 Å². The van der Waals surface area contributed by atoms with Crippen LogP contribution in [0.4, 0.5) is 0 Å². The van der Waals surface area contributed by atoms with E-state index in [4.69, 9.17) is 5.41 Å². The first-order valence-corrected chi connectivity index (χ1v) is 6.02. The van der Waals surface area contributed by atoms with Crippen LogP contribution in [0, 0.1) is 5.41 Å². The lowest BCUT2D eigenvalue weighted by atomic mass is 9.63. The minimum Gasteiger partial charge on any atom is -0.308 e. The highest BCUT2D eigenvalue weighted by molar-refractivity contribution is 5.77. The Balaban J connectivity index is 2.65. The number of benzene rings is 1. The fourth-order valence-corrected chi connectivity index (χ4v) is 2.70. The molecular weight excluding hydrogens is 194 g/mol. The summed E-state index contributed by atoms with van der Waals surface area (Å²) in [6.07, 6.45) is 3.92. The molecule has 0 unspecified atom stereocenters. The van der Waals surface area contributed by atoms with Gasteiger partial charge in [0.25, 0.3) is 0 Å². The largest absolute Gasteiger partial charge is 0.308 e. The molecule has 1 aromatic carbocycles.